The van der Waals surface area contributed by atoms with Crippen molar-refractivity contribution in [2.75, 3.05) is 0 Å². The molecule has 1 heterocycles. The molecule has 0 amide bonds. The molecule has 18 heavy (non-hydrogen) atoms. The largest absolute Gasteiger partial charge is 0.418 e. The lowest BCUT2D eigenvalue weighted by Crippen LogP contribution is -2.32. The maximum Gasteiger partial charge on any atom is 0.342 e. The van der Waals surface area contributed by atoms with Gasteiger partial charge in [-0.05, 0) is 12.5 Å². The number of carbonyl (C=O) groups excluding carboxylic acids is 2. The highest BCUT2D eigenvalue weighted by Crippen LogP contribution is 2.41. The van der Waals surface area contributed by atoms with Crippen molar-refractivity contribution >= 4 is 11.9 Å². The van der Waals surface area contributed by atoms with Gasteiger partial charge in [-0.15, -0.1) is 0 Å². The van der Waals surface area contributed by atoms with Crippen LogP contribution in [0, 0.1) is 0 Å². The Labute approximate surface area is 106 Å². The molecule has 4 heteroatoms. The summed E-state index contributed by atoms with van der Waals surface area (Å²) < 4.78 is 10.7. The van der Waals surface area contributed by atoms with Crippen molar-refractivity contribution in [2.45, 2.75) is 38.9 Å². The number of rotatable bonds is 4. The first kappa shape index (κ1) is 12.6. The Hall–Kier alpha value is -1.84. The smallest absolute Gasteiger partial charge is 0.342 e. The molecule has 0 spiro atoms. The molecule has 1 aliphatic heterocycles. The zero-order chi connectivity index (χ0) is 13.2. The molecule has 0 saturated heterocycles. The summed E-state index contributed by atoms with van der Waals surface area (Å²) >= 11 is 0. The van der Waals surface area contributed by atoms with E-state index < -0.39 is 17.7 Å². The molecule has 0 aromatic heterocycles. The van der Waals surface area contributed by atoms with Crippen LogP contribution in [0.15, 0.2) is 24.3 Å². The number of hydrogen-bond donors (Lipinski definition) is 0. The minimum atomic E-state index is -1.23. The lowest BCUT2D eigenvalue weighted by atomic mass is 9.97. The zero-order valence-corrected chi connectivity index (χ0v) is 10.6. The lowest BCUT2D eigenvalue weighted by Gasteiger charge is -2.27. The van der Waals surface area contributed by atoms with E-state index in [0.717, 1.165) is 12.8 Å². The Kier molecular flexibility index (Phi) is 3.36. The number of cyclic esters (lactones) is 1. The van der Waals surface area contributed by atoms with E-state index in [2.05, 4.69) is 0 Å². The number of ether oxygens (including phenoxy) is 2. The number of unbranched alkanes of at least 4 members (excludes halogenated alkanes) is 1. The number of hydrogen-bond acceptors (Lipinski definition) is 4. The SMILES string of the molecule is CCCCC1(OC(C)=O)OC(=O)c2ccccc21. The summed E-state index contributed by atoms with van der Waals surface area (Å²) in [5.74, 6) is -2.10. The van der Waals surface area contributed by atoms with E-state index in [9.17, 15) is 9.59 Å². The summed E-state index contributed by atoms with van der Waals surface area (Å²) in [5.41, 5.74) is 1.13. The van der Waals surface area contributed by atoms with Crippen LogP contribution in [0.3, 0.4) is 0 Å². The van der Waals surface area contributed by atoms with Gasteiger partial charge in [0, 0.05) is 13.3 Å². The van der Waals surface area contributed by atoms with E-state index in [0.29, 0.717) is 17.5 Å². The van der Waals surface area contributed by atoms with Crippen molar-refractivity contribution in [3.05, 3.63) is 35.4 Å². The Morgan fingerprint density at radius 3 is 2.78 bits per heavy atom. The standard InChI is InChI=1S/C14H16O4/c1-3-4-9-14(17-10(2)15)12-8-6-5-7-11(12)13(16)18-14/h5-8H,3-4,9H2,1-2H3. The van der Waals surface area contributed by atoms with Crippen molar-refractivity contribution < 1.29 is 19.1 Å². The Bertz CT molecular complexity index is 476. The van der Waals surface area contributed by atoms with E-state index in [1.165, 1.54) is 6.92 Å². The average molecular weight is 248 g/mol. The molecule has 2 rings (SSSR count). The van der Waals surface area contributed by atoms with Crippen LogP contribution in [0.25, 0.3) is 0 Å². The quantitative estimate of drug-likeness (QED) is 0.769. The molecular formula is C14H16O4. The number of benzene rings is 1. The monoisotopic (exact) mass is 248 g/mol. The summed E-state index contributed by atoms with van der Waals surface area (Å²) in [6, 6.07) is 7.04. The third kappa shape index (κ3) is 2.10. The van der Waals surface area contributed by atoms with Gasteiger partial charge in [-0.25, -0.2) is 4.79 Å². The number of esters is 2. The maximum atomic E-state index is 11.8. The van der Waals surface area contributed by atoms with Crippen LogP contribution in [0.2, 0.25) is 0 Å². The normalized spacial score (nSPS) is 21.3. The summed E-state index contributed by atoms with van der Waals surface area (Å²) in [6.45, 7) is 3.35. The van der Waals surface area contributed by atoms with Gasteiger partial charge >= 0.3 is 11.9 Å². The summed E-state index contributed by atoms with van der Waals surface area (Å²) in [6.07, 6.45) is 2.24. The second-order valence-corrected chi connectivity index (χ2v) is 4.39. The topological polar surface area (TPSA) is 52.6 Å². The highest BCUT2D eigenvalue weighted by Gasteiger charge is 2.47. The first-order chi connectivity index (χ1) is 8.59. The second kappa shape index (κ2) is 4.80. The highest BCUT2D eigenvalue weighted by atomic mass is 16.7. The van der Waals surface area contributed by atoms with E-state index >= 15 is 0 Å². The van der Waals surface area contributed by atoms with E-state index in [4.69, 9.17) is 9.47 Å². The molecule has 1 unspecified atom stereocenters. The molecule has 0 aliphatic carbocycles. The minimum absolute atomic E-state index is 0.428. The fraction of sp³-hybridized carbons (Fsp3) is 0.429. The van der Waals surface area contributed by atoms with Gasteiger partial charge in [-0.2, -0.15) is 0 Å². The number of fused-ring (bicyclic) bond motifs is 1. The molecule has 1 aliphatic rings. The van der Waals surface area contributed by atoms with Gasteiger partial charge in [0.15, 0.2) is 0 Å². The predicted molar refractivity (Wildman–Crippen MR) is 64.8 cm³/mol. The van der Waals surface area contributed by atoms with Crippen molar-refractivity contribution in [1.29, 1.82) is 0 Å². The highest BCUT2D eigenvalue weighted by molar-refractivity contribution is 5.94. The summed E-state index contributed by atoms with van der Waals surface area (Å²) in [5, 5.41) is 0. The van der Waals surface area contributed by atoms with Crippen molar-refractivity contribution in [3.63, 3.8) is 0 Å². The molecular weight excluding hydrogens is 232 g/mol. The molecule has 0 N–H and O–H groups in total. The minimum Gasteiger partial charge on any atom is -0.418 e. The molecule has 0 radical (unpaired) electrons. The van der Waals surface area contributed by atoms with Gasteiger partial charge < -0.3 is 9.47 Å². The summed E-state index contributed by atoms with van der Waals surface area (Å²) in [4.78, 5) is 23.1. The molecule has 1 aromatic rings. The second-order valence-electron chi connectivity index (χ2n) is 4.39. The third-order valence-electron chi connectivity index (χ3n) is 2.98. The van der Waals surface area contributed by atoms with Gasteiger partial charge in [0.1, 0.15) is 0 Å². The molecule has 0 bridgehead atoms. The predicted octanol–water partition coefficient (Wildman–Crippen LogP) is 2.76. The first-order valence-electron chi connectivity index (χ1n) is 6.11. The lowest BCUT2D eigenvalue weighted by molar-refractivity contribution is -0.211. The van der Waals surface area contributed by atoms with Crippen LogP contribution in [0.5, 0.6) is 0 Å². The molecule has 96 valence electrons. The number of carbonyl (C=O) groups is 2. The average Bonchev–Trinajstić information content (AvgIpc) is 2.61. The van der Waals surface area contributed by atoms with E-state index in [1.54, 1.807) is 18.2 Å². The van der Waals surface area contributed by atoms with Crippen molar-refractivity contribution in [1.82, 2.24) is 0 Å². The first-order valence-corrected chi connectivity index (χ1v) is 6.11. The third-order valence-corrected chi connectivity index (χ3v) is 2.98. The molecule has 1 aromatic carbocycles. The van der Waals surface area contributed by atoms with Gasteiger partial charge in [0.25, 0.3) is 5.79 Å². The van der Waals surface area contributed by atoms with Crippen LogP contribution >= 0.6 is 0 Å². The molecule has 0 fully saturated rings. The van der Waals surface area contributed by atoms with E-state index in [-0.39, 0.29) is 0 Å². The van der Waals surface area contributed by atoms with E-state index in [1.807, 2.05) is 13.0 Å². The van der Waals surface area contributed by atoms with Gasteiger partial charge in [-0.3, -0.25) is 4.79 Å². The van der Waals surface area contributed by atoms with Crippen LogP contribution in [-0.4, -0.2) is 11.9 Å². The van der Waals surface area contributed by atoms with Gasteiger partial charge in [0.2, 0.25) is 0 Å². The van der Waals surface area contributed by atoms with Crippen molar-refractivity contribution in [3.8, 4) is 0 Å². The fourth-order valence-corrected chi connectivity index (χ4v) is 2.21. The van der Waals surface area contributed by atoms with Crippen LogP contribution in [0.4, 0.5) is 0 Å². The Morgan fingerprint density at radius 1 is 1.39 bits per heavy atom. The van der Waals surface area contributed by atoms with Crippen LogP contribution in [-0.2, 0) is 20.1 Å². The molecule has 4 nitrogen and oxygen atoms in total. The van der Waals surface area contributed by atoms with Crippen LogP contribution < -0.4 is 0 Å². The van der Waals surface area contributed by atoms with Gasteiger partial charge in [-0.1, -0.05) is 31.5 Å². The van der Waals surface area contributed by atoms with Gasteiger partial charge in [0.05, 0.1) is 11.1 Å². The Balaban J connectivity index is 2.42. The van der Waals surface area contributed by atoms with Crippen LogP contribution in [0.1, 0.15) is 49.0 Å². The summed E-state index contributed by atoms with van der Waals surface area (Å²) in [7, 11) is 0. The maximum absolute atomic E-state index is 11.8. The Morgan fingerprint density at radius 2 is 2.11 bits per heavy atom. The van der Waals surface area contributed by atoms with Crippen molar-refractivity contribution in [2.24, 2.45) is 0 Å². The zero-order valence-electron chi connectivity index (χ0n) is 10.6. The fourth-order valence-electron chi connectivity index (χ4n) is 2.21. The molecule has 1 atom stereocenters. The molecule has 0 saturated carbocycles.